The predicted molar refractivity (Wildman–Crippen MR) is 114 cm³/mol. The van der Waals surface area contributed by atoms with E-state index in [1.807, 2.05) is 45.0 Å². The fourth-order valence-corrected chi connectivity index (χ4v) is 3.74. The first-order valence-electron chi connectivity index (χ1n) is 9.41. The molecule has 1 aromatic carbocycles. The average Bonchev–Trinajstić information content (AvgIpc) is 3.32. The maximum Gasteiger partial charge on any atom is 0.291 e. The summed E-state index contributed by atoms with van der Waals surface area (Å²) in [5.41, 5.74) is 1.94. The van der Waals surface area contributed by atoms with Crippen LogP contribution in [0.1, 0.15) is 45.2 Å². The SMILES string of the molecule is Cc1cc(NC(=O)c2ccco2)sc1C(=O)NCCc1ccc(OC(C)C)cc1. The summed E-state index contributed by atoms with van der Waals surface area (Å²) in [5.74, 6) is 0.580. The molecule has 152 valence electrons. The Hall–Kier alpha value is -3.06. The highest BCUT2D eigenvalue weighted by Gasteiger charge is 2.16. The number of carbonyl (C=O) groups excluding carboxylic acids is 2. The van der Waals surface area contributed by atoms with E-state index in [1.165, 1.54) is 17.6 Å². The number of anilines is 1. The van der Waals surface area contributed by atoms with E-state index in [9.17, 15) is 9.59 Å². The van der Waals surface area contributed by atoms with Crippen LogP contribution in [0.25, 0.3) is 0 Å². The second-order valence-corrected chi connectivity index (χ2v) is 7.92. The van der Waals surface area contributed by atoms with Crippen LogP contribution in [0.4, 0.5) is 5.00 Å². The van der Waals surface area contributed by atoms with Crippen molar-refractivity contribution in [1.82, 2.24) is 5.32 Å². The van der Waals surface area contributed by atoms with Gasteiger partial charge in [0.1, 0.15) is 5.75 Å². The first kappa shape index (κ1) is 20.7. The maximum atomic E-state index is 12.5. The van der Waals surface area contributed by atoms with Crippen LogP contribution in [0, 0.1) is 6.92 Å². The van der Waals surface area contributed by atoms with E-state index in [2.05, 4.69) is 10.6 Å². The zero-order chi connectivity index (χ0) is 20.8. The Balaban J connectivity index is 1.51. The topological polar surface area (TPSA) is 80.6 Å². The van der Waals surface area contributed by atoms with Gasteiger partial charge in [-0.25, -0.2) is 0 Å². The zero-order valence-electron chi connectivity index (χ0n) is 16.7. The standard InChI is InChI=1S/C22H24N2O4S/c1-14(2)28-17-8-6-16(7-9-17)10-11-23-22(26)20-15(3)13-19(29-20)24-21(25)18-5-4-12-27-18/h4-9,12-14H,10-11H2,1-3H3,(H,23,26)(H,24,25). The molecule has 0 aliphatic carbocycles. The summed E-state index contributed by atoms with van der Waals surface area (Å²) in [6.45, 7) is 6.35. The molecular formula is C22H24N2O4S. The van der Waals surface area contributed by atoms with Gasteiger partial charge in [0.25, 0.3) is 11.8 Å². The summed E-state index contributed by atoms with van der Waals surface area (Å²) in [7, 11) is 0. The second-order valence-electron chi connectivity index (χ2n) is 6.87. The van der Waals surface area contributed by atoms with Crippen molar-refractivity contribution < 1.29 is 18.7 Å². The molecule has 0 unspecified atom stereocenters. The number of benzene rings is 1. The Bertz CT molecular complexity index is 959. The first-order chi connectivity index (χ1) is 13.9. The third kappa shape index (κ3) is 5.71. The summed E-state index contributed by atoms with van der Waals surface area (Å²) in [6, 6.07) is 12.9. The van der Waals surface area contributed by atoms with Crippen LogP contribution in [0.3, 0.4) is 0 Å². The molecule has 6 nitrogen and oxygen atoms in total. The van der Waals surface area contributed by atoms with Gasteiger partial charge in [-0.2, -0.15) is 0 Å². The third-order valence-corrected chi connectivity index (χ3v) is 5.25. The molecule has 3 aromatic rings. The third-order valence-electron chi connectivity index (χ3n) is 4.10. The molecule has 29 heavy (non-hydrogen) atoms. The van der Waals surface area contributed by atoms with E-state index >= 15 is 0 Å². The number of amides is 2. The van der Waals surface area contributed by atoms with Crippen molar-refractivity contribution in [2.75, 3.05) is 11.9 Å². The molecule has 3 rings (SSSR count). The molecular weight excluding hydrogens is 388 g/mol. The normalized spacial score (nSPS) is 10.8. The number of thiophene rings is 1. The van der Waals surface area contributed by atoms with E-state index < -0.39 is 0 Å². The minimum absolute atomic E-state index is 0.142. The number of rotatable bonds is 8. The molecule has 0 spiro atoms. The van der Waals surface area contributed by atoms with Crippen molar-refractivity contribution >= 4 is 28.2 Å². The highest BCUT2D eigenvalue weighted by atomic mass is 32.1. The Labute approximate surface area is 173 Å². The van der Waals surface area contributed by atoms with Crippen molar-refractivity contribution in [1.29, 1.82) is 0 Å². The molecule has 2 aromatic heterocycles. The molecule has 0 fully saturated rings. The molecule has 2 N–H and O–H groups in total. The van der Waals surface area contributed by atoms with Gasteiger partial charge in [0.15, 0.2) is 5.76 Å². The summed E-state index contributed by atoms with van der Waals surface area (Å²) in [5, 5.41) is 6.30. The van der Waals surface area contributed by atoms with Crippen molar-refractivity contribution in [2.24, 2.45) is 0 Å². The predicted octanol–water partition coefficient (Wildman–Crippen LogP) is 4.66. The van der Waals surface area contributed by atoms with E-state index in [-0.39, 0.29) is 23.7 Å². The van der Waals surface area contributed by atoms with Gasteiger partial charge in [-0.3, -0.25) is 9.59 Å². The molecule has 0 radical (unpaired) electrons. The highest BCUT2D eigenvalue weighted by Crippen LogP contribution is 2.27. The number of hydrogen-bond acceptors (Lipinski definition) is 5. The largest absolute Gasteiger partial charge is 0.491 e. The summed E-state index contributed by atoms with van der Waals surface area (Å²) >= 11 is 1.24. The lowest BCUT2D eigenvalue weighted by Gasteiger charge is -2.10. The van der Waals surface area contributed by atoms with Crippen LogP contribution < -0.4 is 15.4 Å². The van der Waals surface area contributed by atoms with E-state index in [0.717, 1.165) is 23.3 Å². The fourth-order valence-electron chi connectivity index (χ4n) is 2.76. The van der Waals surface area contributed by atoms with Gasteiger partial charge in [0.2, 0.25) is 0 Å². The van der Waals surface area contributed by atoms with Gasteiger partial charge in [-0.1, -0.05) is 12.1 Å². The van der Waals surface area contributed by atoms with Crippen LogP contribution in [-0.4, -0.2) is 24.5 Å². The molecule has 2 heterocycles. The van der Waals surface area contributed by atoms with E-state index in [1.54, 1.807) is 18.2 Å². The molecule has 7 heteroatoms. The van der Waals surface area contributed by atoms with E-state index in [0.29, 0.717) is 16.4 Å². The lowest BCUT2D eigenvalue weighted by atomic mass is 10.1. The Morgan fingerprint density at radius 2 is 1.90 bits per heavy atom. The fraction of sp³-hybridized carbons (Fsp3) is 0.273. The Morgan fingerprint density at radius 3 is 2.55 bits per heavy atom. The summed E-state index contributed by atoms with van der Waals surface area (Å²) in [6.07, 6.45) is 2.31. The van der Waals surface area contributed by atoms with Crippen molar-refractivity contribution in [3.8, 4) is 5.75 Å². The van der Waals surface area contributed by atoms with Gasteiger partial charge in [-0.05, 0) is 68.7 Å². The molecule has 0 saturated carbocycles. The van der Waals surface area contributed by atoms with Gasteiger partial charge in [0, 0.05) is 6.54 Å². The molecule has 0 saturated heterocycles. The minimum Gasteiger partial charge on any atom is -0.491 e. The molecule has 0 aliphatic heterocycles. The van der Waals surface area contributed by atoms with Crippen LogP contribution in [0.5, 0.6) is 5.75 Å². The summed E-state index contributed by atoms with van der Waals surface area (Å²) < 4.78 is 10.7. The number of ether oxygens (including phenoxy) is 1. The zero-order valence-corrected chi connectivity index (χ0v) is 17.5. The molecule has 2 amide bonds. The number of carbonyl (C=O) groups is 2. The van der Waals surface area contributed by atoms with Crippen LogP contribution in [-0.2, 0) is 6.42 Å². The van der Waals surface area contributed by atoms with Gasteiger partial charge in [0.05, 0.1) is 22.2 Å². The minimum atomic E-state index is -0.340. The van der Waals surface area contributed by atoms with Gasteiger partial charge < -0.3 is 19.8 Å². The molecule has 0 atom stereocenters. The molecule has 0 bridgehead atoms. The van der Waals surface area contributed by atoms with Crippen LogP contribution in [0.15, 0.2) is 53.1 Å². The Morgan fingerprint density at radius 1 is 1.14 bits per heavy atom. The highest BCUT2D eigenvalue weighted by molar-refractivity contribution is 7.18. The number of hydrogen-bond donors (Lipinski definition) is 2. The van der Waals surface area contributed by atoms with Crippen LogP contribution >= 0.6 is 11.3 Å². The summed E-state index contributed by atoms with van der Waals surface area (Å²) in [4.78, 5) is 25.2. The van der Waals surface area contributed by atoms with Crippen molar-refractivity contribution in [2.45, 2.75) is 33.3 Å². The van der Waals surface area contributed by atoms with E-state index in [4.69, 9.17) is 9.15 Å². The van der Waals surface area contributed by atoms with Crippen LogP contribution in [0.2, 0.25) is 0 Å². The van der Waals surface area contributed by atoms with Gasteiger partial charge >= 0.3 is 0 Å². The second kappa shape index (κ2) is 9.43. The van der Waals surface area contributed by atoms with Crippen molar-refractivity contribution in [3.63, 3.8) is 0 Å². The maximum absolute atomic E-state index is 12.5. The number of nitrogens with one attached hydrogen (secondary N) is 2. The average molecular weight is 413 g/mol. The van der Waals surface area contributed by atoms with Gasteiger partial charge in [-0.15, -0.1) is 11.3 Å². The first-order valence-corrected chi connectivity index (χ1v) is 10.2. The molecule has 0 aliphatic rings. The quantitative estimate of drug-likeness (QED) is 0.564. The monoisotopic (exact) mass is 412 g/mol. The lowest BCUT2D eigenvalue weighted by molar-refractivity contribution is 0.0956. The van der Waals surface area contributed by atoms with Crippen molar-refractivity contribution in [3.05, 3.63) is 70.5 Å². The lowest BCUT2D eigenvalue weighted by Crippen LogP contribution is -2.25. The smallest absolute Gasteiger partial charge is 0.291 e. The Kier molecular flexibility index (Phi) is 6.72. The number of furan rings is 1. The number of aryl methyl sites for hydroxylation is 1.